The largest absolute Gasteiger partial charge is 0.383 e. The molecule has 0 radical (unpaired) electrons. The number of nitrogens with zero attached hydrogens (tertiary/aromatic N) is 3. The molecule has 0 spiro atoms. The molecule has 0 aromatic carbocycles. The number of halogens is 1. The topological polar surface area (TPSA) is 90.7 Å². The Balaban J connectivity index is 2.86. The molecule has 0 aliphatic carbocycles. The Morgan fingerprint density at radius 2 is 2.00 bits per heavy atom. The molecule has 0 atom stereocenters. The van der Waals surface area contributed by atoms with Crippen LogP contribution in [0.1, 0.15) is 0 Å². The molecule has 0 aliphatic heterocycles. The lowest BCUT2D eigenvalue weighted by Gasteiger charge is -2.01. The number of nitrogen functional groups attached to an aromatic ring is 2. The Morgan fingerprint density at radius 3 is 2.77 bits per heavy atom. The van der Waals surface area contributed by atoms with Crippen molar-refractivity contribution >= 4 is 34.3 Å². The highest BCUT2D eigenvalue weighted by atomic mass is 35.5. The third-order valence-corrected chi connectivity index (χ3v) is 1.80. The van der Waals surface area contributed by atoms with Gasteiger partial charge in [0, 0.05) is 12.3 Å². The lowest BCUT2D eigenvalue weighted by molar-refractivity contribution is 1.23. The van der Waals surface area contributed by atoms with Gasteiger partial charge in [-0.2, -0.15) is 4.98 Å². The molecule has 0 bridgehead atoms. The number of rotatable bonds is 0. The van der Waals surface area contributed by atoms with Crippen LogP contribution in [0.25, 0.3) is 10.9 Å². The summed E-state index contributed by atoms with van der Waals surface area (Å²) in [5, 5.41) is 1.00. The highest BCUT2D eigenvalue weighted by molar-refractivity contribution is 6.30. The summed E-state index contributed by atoms with van der Waals surface area (Å²) in [6.45, 7) is 0. The molecule has 0 unspecified atom stereocenters. The molecule has 66 valence electrons. The van der Waals surface area contributed by atoms with E-state index < -0.39 is 0 Å². The summed E-state index contributed by atoms with van der Waals surface area (Å²) in [6.07, 6.45) is 1.52. The first-order valence-electron chi connectivity index (χ1n) is 3.51. The van der Waals surface area contributed by atoms with Gasteiger partial charge < -0.3 is 11.5 Å². The number of hydrogen-bond donors (Lipinski definition) is 2. The second kappa shape index (κ2) is 2.70. The fourth-order valence-electron chi connectivity index (χ4n) is 1.04. The maximum absolute atomic E-state index is 5.67. The summed E-state index contributed by atoms with van der Waals surface area (Å²) in [6, 6.07) is 1.59. The quantitative estimate of drug-likeness (QED) is 0.608. The molecule has 0 saturated carbocycles. The molecule has 0 fully saturated rings. The van der Waals surface area contributed by atoms with Crippen LogP contribution in [0.5, 0.6) is 0 Å². The van der Waals surface area contributed by atoms with Crippen LogP contribution in [-0.2, 0) is 0 Å². The van der Waals surface area contributed by atoms with Gasteiger partial charge in [-0.1, -0.05) is 11.6 Å². The van der Waals surface area contributed by atoms with Crippen molar-refractivity contribution in [2.45, 2.75) is 0 Å². The molecule has 2 aromatic heterocycles. The minimum atomic E-state index is 0.132. The summed E-state index contributed by atoms with van der Waals surface area (Å²) in [4.78, 5) is 11.6. The zero-order valence-electron chi connectivity index (χ0n) is 6.53. The molecular formula is C7H6ClN5. The van der Waals surface area contributed by atoms with Crippen LogP contribution in [-0.4, -0.2) is 15.0 Å². The van der Waals surface area contributed by atoms with Gasteiger partial charge in [0.15, 0.2) is 0 Å². The molecular weight excluding hydrogens is 190 g/mol. The van der Waals surface area contributed by atoms with Crippen LogP contribution in [0, 0.1) is 0 Å². The standard InChI is InChI=1S/C7H6ClN5/c8-5-1-4-3(2-11-5)6(9)13-7(10)12-4/h1-2H,(H4,9,10,12,13). The first kappa shape index (κ1) is 8.00. The number of hydrogen-bond acceptors (Lipinski definition) is 5. The van der Waals surface area contributed by atoms with E-state index >= 15 is 0 Å². The normalized spacial score (nSPS) is 10.5. The SMILES string of the molecule is Nc1nc(N)c2cnc(Cl)cc2n1. The molecule has 0 aliphatic rings. The van der Waals surface area contributed by atoms with E-state index in [4.69, 9.17) is 23.1 Å². The van der Waals surface area contributed by atoms with E-state index in [0.29, 0.717) is 21.9 Å². The van der Waals surface area contributed by atoms with E-state index in [1.165, 1.54) is 6.20 Å². The van der Waals surface area contributed by atoms with Gasteiger partial charge in [0.25, 0.3) is 0 Å². The van der Waals surface area contributed by atoms with E-state index in [0.717, 1.165) is 0 Å². The van der Waals surface area contributed by atoms with Crippen molar-refractivity contribution in [1.29, 1.82) is 0 Å². The number of anilines is 2. The molecule has 6 heteroatoms. The van der Waals surface area contributed by atoms with Crippen molar-refractivity contribution in [3.8, 4) is 0 Å². The van der Waals surface area contributed by atoms with Gasteiger partial charge in [-0.15, -0.1) is 0 Å². The fourth-order valence-corrected chi connectivity index (χ4v) is 1.19. The summed E-state index contributed by atoms with van der Waals surface area (Å²) in [5.74, 6) is 0.443. The van der Waals surface area contributed by atoms with Gasteiger partial charge in [0.2, 0.25) is 5.95 Å². The van der Waals surface area contributed by atoms with E-state index in [1.807, 2.05) is 0 Å². The fraction of sp³-hybridized carbons (Fsp3) is 0. The van der Waals surface area contributed by atoms with E-state index in [-0.39, 0.29) is 5.95 Å². The van der Waals surface area contributed by atoms with Crippen LogP contribution >= 0.6 is 11.6 Å². The van der Waals surface area contributed by atoms with Crippen molar-refractivity contribution in [3.63, 3.8) is 0 Å². The van der Waals surface area contributed by atoms with E-state index in [9.17, 15) is 0 Å². The maximum Gasteiger partial charge on any atom is 0.222 e. The average Bonchev–Trinajstić information content (AvgIpc) is 2.02. The third kappa shape index (κ3) is 1.33. The van der Waals surface area contributed by atoms with Crippen molar-refractivity contribution in [3.05, 3.63) is 17.4 Å². The molecule has 0 amide bonds. The highest BCUT2D eigenvalue weighted by Gasteiger charge is 2.03. The Hall–Kier alpha value is -1.62. The zero-order valence-corrected chi connectivity index (χ0v) is 7.28. The predicted molar refractivity (Wildman–Crippen MR) is 51.2 cm³/mol. The number of aromatic nitrogens is 3. The van der Waals surface area contributed by atoms with E-state index in [1.54, 1.807) is 6.07 Å². The lowest BCUT2D eigenvalue weighted by atomic mass is 10.3. The Kier molecular flexibility index (Phi) is 1.66. The van der Waals surface area contributed by atoms with Gasteiger partial charge in [-0.25, -0.2) is 9.97 Å². The molecule has 2 heterocycles. The minimum Gasteiger partial charge on any atom is -0.383 e. The van der Waals surface area contributed by atoms with Crippen LogP contribution in [0.15, 0.2) is 12.3 Å². The van der Waals surface area contributed by atoms with Crippen molar-refractivity contribution in [2.24, 2.45) is 0 Å². The Labute approximate surface area is 78.8 Å². The summed E-state index contributed by atoms with van der Waals surface area (Å²) < 4.78 is 0. The first-order chi connectivity index (χ1) is 6.16. The summed E-state index contributed by atoms with van der Waals surface area (Å²) in [5.41, 5.74) is 11.6. The van der Waals surface area contributed by atoms with Crippen LogP contribution in [0.4, 0.5) is 11.8 Å². The van der Waals surface area contributed by atoms with Crippen LogP contribution in [0.3, 0.4) is 0 Å². The van der Waals surface area contributed by atoms with Crippen LogP contribution < -0.4 is 11.5 Å². The minimum absolute atomic E-state index is 0.132. The molecule has 2 aromatic rings. The number of fused-ring (bicyclic) bond motifs is 1. The summed E-state index contributed by atoms with van der Waals surface area (Å²) in [7, 11) is 0. The summed E-state index contributed by atoms with van der Waals surface area (Å²) >= 11 is 5.67. The molecule has 5 nitrogen and oxygen atoms in total. The second-order valence-corrected chi connectivity index (χ2v) is 2.88. The highest BCUT2D eigenvalue weighted by Crippen LogP contribution is 2.19. The molecule has 4 N–H and O–H groups in total. The number of nitrogens with two attached hydrogens (primary N) is 2. The Morgan fingerprint density at radius 1 is 1.23 bits per heavy atom. The van der Waals surface area contributed by atoms with Crippen LogP contribution in [0.2, 0.25) is 5.15 Å². The molecule has 2 rings (SSSR count). The number of pyridine rings is 1. The molecule has 0 saturated heterocycles. The van der Waals surface area contributed by atoms with Gasteiger partial charge in [0.05, 0.1) is 10.9 Å². The Bertz CT molecular complexity index is 464. The van der Waals surface area contributed by atoms with Gasteiger partial charge in [-0.3, -0.25) is 0 Å². The van der Waals surface area contributed by atoms with Crippen molar-refractivity contribution in [2.75, 3.05) is 11.5 Å². The average molecular weight is 196 g/mol. The zero-order chi connectivity index (χ0) is 9.42. The molecule has 13 heavy (non-hydrogen) atoms. The van der Waals surface area contributed by atoms with Crippen molar-refractivity contribution in [1.82, 2.24) is 15.0 Å². The predicted octanol–water partition coefficient (Wildman–Crippen LogP) is 0.843. The van der Waals surface area contributed by atoms with Crippen molar-refractivity contribution < 1.29 is 0 Å². The van der Waals surface area contributed by atoms with Gasteiger partial charge in [-0.05, 0) is 0 Å². The monoisotopic (exact) mass is 195 g/mol. The van der Waals surface area contributed by atoms with Gasteiger partial charge >= 0.3 is 0 Å². The second-order valence-electron chi connectivity index (χ2n) is 2.49. The maximum atomic E-state index is 5.67. The third-order valence-electron chi connectivity index (χ3n) is 1.59. The first-order valence-corrected chi connectivity index (χ1v) is 3.89. The van der Waals surface area contributed by atoms with Gasteiger partial charge in [0.1, 0.15) is 11.0 Å². The lowest BCUT2D eigenvalue weighted by Crippen LogP contribution is -2.00. The van der Waals surface area contributed by atoms with E-state index in [2.05, 4.69) is 15.0 Å². The smallest absolute Gasteiger partial charge is 0.222 e.